The summed E-state index contributed by atoms with van der Waals surface area (Å²) in [4.78, 5) is 11.9. The lowest BCUT2D eigenvalue weighted by Gasteiger charge is -2.13. The minimum atomic E-state index is -0.156. The average molecular weight is 280 g/mol. The number of rotatable bonds is 9. The van der Waals surface area contributed by atoms with Crippen molar-refractivity contribution in [3.05, 3.63) is 23.8 Å². The molecular formula is C15H24N2O3. The van der Waals surface area contributed by atoms with Gasteiger partial charge in [-0.1, -0.05) is 13.3 Å². The molecule has 0 heterocycles. The van der Waals surface area contributed by atoms with Crippen LogP contribution in [0.25, 0.3) is 0 Å². The second-order valence-corrected chi connectivity index (χ2v) is 4.34. The summed E-state index contributed by atoms with van der Waals surface area (Å²) in [5.74, 6) is 1.12. The van der Waals surface area contributed by atoms with E-state index in [9.17, 15) is 4.79 Å². The van der Waals surface area contributed by atoms with E-state index in [1.807, 2.05) is 6.92 Å². The molecule has 1 amide bonds. The van der Waals surface area contributed by atoms with E-state index in [0.29, 0.717) is 43.4 Å². The molecule has 0 bridgehead atoms. The summed E-state index contributed by atoms with van der Waals surface area (Å²) in [6, 6.07) is 5.21. The number of amides is 1. The summed E-state index contributed by atoms with van der Waals surface area (Å²) in [5, 5.41) is 2.73. The first-order valence-electron chi connectivity index (χ1n) is 7.10. The predicted octanol–water partition coefficient (Wildman–Crippen LogP) is 1.95. The molecule has 0 spiro atoms. The Hall–Kier alpha value is -1.75. The normalized spacial score (nSPS) is 10.2. The highest BCUT2D eigenvalue weighted by atomic mass is 16.5. The van der Waals surface area contributed by atoms with Gasteiger partial charge >= 0.3 is 0 Å². The van der Waals surface area contributed by atoms with Crippen LogP contribution in [-0.2, 0) is 0 Å². The molecule has 0 saturated carbocycles. The van der Waals surface area contributed by atoms with Crippen LogP contribution < -0.4 is 20.5 Å². The van der Waals surface area contributed by atoms with E-state index in [-0.39, 0.29) is 5.91 Å². The van der Waals surface area contributed by atoms with Crippen LogP contribution >= 0.6 is 0 Å². The van der Waals surface area contributed by atoms with Crippen LogP contribution in [0.15, 0.2) is 18.2 Å². The fourth-order valence-electron chi connectivity index (χ4n) is 1.65. The molecule has 0 aromatic heterocycles. The number of unbranched alkanes of at least 4 members (excludes halogenated alkanes) is 1. The summed E-state index contributed by atoms with van der Waals surface area (Å²) >= 11 is 0. The second-order valence-electron chi connectivity index (χ2n) is 4.34. The Balaban J connectivity index is 2.79. The highest BCUT2D eigenvalue weighted by Gasteiger charge is 2.11. The minimum Gasteiger partial charge on any atom is -0.490 e. The molecule has 0 aliphatic carbocycles. The van der Waals surface area contributed by atoms with Crippen molar-refractivity contribution in [3.63, 3.8) is 0 Å². The molecule has 5 nitrogen and oxygen atoms in total. The predicted molar refractivity (Wildman–Crippen MR) is 79.4 cm³/mol. The van der Waals surface area contributed by atoms with Gasteiger partial charge in [0.15, 0.2) is 11.5 Å². The third kappa shape index (κ3) is 5.09. The fraction of sp³-hybridized carbons (Fsp3) is 0.533. The van der Waals surface area contributed by atoms with Crippen molar-refractivity contribution < 1.29 is 14.3 Å². The van der Waals surface area contributed by atoms with Gasteiger partial charge in [0.25, 0.3) is 5.91 Å². The molecule has 1 aromatic carbocycles. The van der Waals surface area contributed by atoms with Crippen LogP contribution in [0.2, 0.25) is 0 Å². The number of hydrogen-bond donors (Lipinski definition) is 2. The van der Waals surface area contributed by atoms with Crippen LogP contribution in [0.1, 0.15) is 37.0 Å². The second kappa shape index (κ2) is 9.20. The smallest absolute Gasteiger partial charge is 0.251 e. The van der Waals surface area contributed by atoms with E-state index in [0.717, 1.165) is 12.8 Å². The first-order valence-corrected chi connectivity index (χ1v) is 7.10. The summed E-state index contributed by atoms with van der Waals surface area (Å²) in [7, 11) is 0. The van der Waals surface area contributed by atoms with Crippen LogP contribution in [-0.4, -0.2) is 32.2 Å². The maximum Gasteiger partial charge on any atom is 0.251 e. The van der Waals surface area contributed by atoms with Crippen molar-refractivity contribution in [1.82, 2.24) is 5.32 Å². The summed E-state index contributed by atoms with van der Waals surface area (Å²) in [6.45, 7) is 6.06. The highest BCUT2D eigenvalue weighted by Crippen LogP contribution is 2.28. The Labute approximate surface area is 120 Å². The lowest BCUT2D eigenvalue weighted by Crippen LogP contribution is -2.28. The number of benzene rings is 1. The van der Waals surface area contributed by atoms with Crippen molar-refractivity contribution in [3.8, 4) is 11.5 Å². The van der Waals surface area contributed by atoms with Gasteiger partial charge in [0.1, 0.15) is 0 Å². The molecule has 0 saturated heterocycles. The Kier molecular flexibility index (Phi) is 7.50. The Morgan fingerprint density at radius 1 is 1.25 bits per heavy atom. The van der Waals surface area contributed by atoms with Crippen molar-refractivity contribution >= 4 is 5.91 Å². The van der Waals surface area contributed by atoms with Gasteiger partial charge in [0.2, 0.25) is 0 Å². The number of carbonyl (C=O) groups excluding carboxylic acids is 1. The standard InChI is InChI=1S/C15H24N2O3/c1-3-5-10-20-13-7-6-12(11-14(13)19-4-2)15(18)17-9-8-16/h6-7,11H,3-5,8-10,16H2,1-2H3,(H,17,18). The zero-order chi connectivity index (χ0) is 14.8. The lowest BCUT2D eigenvalue weighted by atomic mass is 10.2. The molecule has 1 rings (SSSR count). The van der Waals surface area contributed by atoms with Crippen molar-refractivity contribution in [2.45, 2.75) is 26.7 Å². The van der Waals surface area contributed by atoms with E-state index in [1.54, 1.807) is 18.2 Å². The first-order chi connectivity index (χ1) is 9.72. The summed E-state index contributed by atoms with van der Waals surface area (Å²) in [6.07, 6.45) is 2.06. The molecule has 0 atom stereocenters. The van der Waals surface area contributed by atoms with Crippen LogP contribution in [0.3, 0.4) is 0 Å². The number of carbonyl (C=O) groups is 1. The van der Waals surface area contributed by atoms with E-state index >= 15 is 0 Å². The lowest BCUT2D eigenvalue weighted by molar-refractivity contribution is 0.0954. The largest absolute Gasteiger partial charge is 0.490 e. The quantitative estimate of drug-likeness (QED) is 0.678. The molecule has 0 unspecified atom stereocenters. The third-order valence-electron chi connectivity index (χ3n) is 2.69. The van der Waals surface area contributed by atoms with Gasteiger partial charge < -0.3 is 20.5 Å². The first kappa shape index (κ1) is 16.3. The zero-order valence-electron chi connectivity index (χ0n) is 12.3. The molecule has 5 heteroatoms. The van der Waals surface area contributed by atoms with Gasteiger partial charge in [0.05, 0.1) is 13.2 Å². The number of nitrogens with one attached hydrogen (secondary N) is 1. The molecule has 20 heavy (non-hydrogen) atoms. The number of hydrogen-bond acceptors (Lipinski definition) is 4. The van der Waals surface area contributed by atoms with E-state index in [4.69, 9.17) is 15.2 Å². The average Bonchev–Trinajstić information content (AvgIpc) is 2.46. The summed E-state index contributed by atoms with van der Waals surface area (Å²) < 4.78 is 11.2. The van der Waals surface area contributed by atoms with Gasteiger partial charge in [-0.25, -0.2) is 0 Å². The SMILES string of the molecule is CCCCOc1ccc(C(=O)NCCN)cc1OCC. The van der Waals surface area contributed by atoms with Crippen LogP contribution in [0.5, 0.6) is 11.5 Å². The summed E-state index contributed by atoms with van der Waals surface area (Å²) in [5.41, 5.74) is 5.91. The Morgan fingerprint density at radius 3 is 2.70 bits per heavy atom. The maximum absolute atomic E-state index is 11.9. The Bertz CT molecular complexity index is 422. The van der Waals surface area contributed by atoms with Gasteiger partial charge in [-0.2, -0.15) is 0 Å². The molecule has 0 aliphatic heterocycles. The van der Waals surface area contributed by atoms with Gasteiger partial charge in [-0.15, -0.1) is 0 Å². The molecule has 3 N–H and O–H groups in total. The zero-order valence-corrected chi connectivity index (χ0v) is 12.3. The monoisotopic (exact) mass is 280 g/mol. The molecule has 0 aliphatic rings. The molecule has 0 radical (unpaired) electrons. The number of ether oxygens (including phenoxy) is 2. The molecule has 0 fully saturated rings. The van der Waals surface area contributed by atoms with E-state index in [2.05, 4.69) is 12.2 Å². The van der Waals surface area contributed by atoms with Crippen LogP contribution in [0.4, 0.5) is 0 Å². The number of nitrogens with two attached hydrogens (primary N) is 1. The van der Waals surface area contributed by atoms with Crippen molar-refractivity contribution in [2.75, 3.05) is 26.3 Å². The van der Waals surface area contributed by atoms with Gasteiger partial charge in [-0.05, 0) is 31.5 Å². The fourth-order valence-corrected chi connectivity index (χ4v) is 1.65. The maximum atomic E-state index is 11.9. The van der Waals surface area contributed by atoms with Gasteiger partial charge in [0, 0.05) is 18.7 Å². The van der Waals surface area contributed by atoms with E-state index < -0.39 is 0 Å². The Morgan fingerprint density at radius 2 is 2.05 bits per heavy atom. The van der Waals surface area contributed by atoms with Crippen molar-refractivity contribution in [2.24, 2.45) is 5.73 Å². The molecule has 1 aromatic rings. The topological polar surface area (TPSA) is 73.6 Å². The van der Waals surface area contributed by atoms with E-state index in [1.165, 1.54) is 0 Å². The minimum absolute atomic E-state index is 0.156. The van der Waals surface area contributed by atoms with Crippen LogP contribution in [0, 0.1) is 0 Å². The molecule has 112 valence electrons. The highest BCUT2D eigenvalue weighted by molar-refractivity contribution is 5.94. The van der Waals surface area contributed by atoms with Gasteiger partial charge in [-0.3, -0.25) is 4.79 Å². The third-order valence-corrected chi connectivity index (χ3v) is 2.69. The van der Waals surface area contributed by atoms with Crippen molar-refractivity contribution in [1.29, 1.82) is 0 Å². The molecular weight excluding hydrogens is 256 g/mol.